The Morgan fingerprint density at radius 2 is 2.00 bits per heavy atom. The molecule has 1 rings (SSSR count). The van der Waals surface area contributed by atoms with E-state index in [0.29, 0.717) is 12.1 Å². The summed E-state index contributed by atoms with van der Waals surface area (Å²) < 4.78 is 0. The summed E-state index contributed by atoms with van der Waals surface area (Å²) in [5.74, 6) is 0. The van der Waals surface area contributed by atoms with Crippen LogP contribution in [-0.2, 0) is 16.5 Å². The number of hydrogen-bond acceptors (Lipinski definition) is 2. The molecule has 1 aliphatic rings. The van der Waals surface area contributed by atoms with E-state index in [-0.39, 0.29) is 0 Å². The summed E-state index contributed by atoms with van der Waals surface area (Å²) in [5, 5.41) is 0. The van der Waals surface area contributed by atoms with Crippen molar-refractivity contribution >= 4 is 18.8 Å². The second-order valence-corrected chi connectivity index (χ2v) is 6.00. The van der Waals surface area contributed by atoms with Gasteiger partial charge in [0.1, 0.15) is 0 Å². The standard InChI is InChI=1S/C6H14N2.2ClH.Pt/c1-5-6(7)3-4-8(5)2;;;/h5-6H,3-4,7H2,1-2H3;2*1H;/q;;;+2/p-2/t5-,6-;;;/m1.../s1. The molecule has 11 heavy (non-hydrogen) atoms. The maximum atomic E-state index is 5.73. The fourth-order valence-electron chi connectivity index (χ4n) is 1.12. The van der Waals surface area contributed by atoms with Crippen molar-refractivity contribution in [2.24, 2.45) is 5.73 Å². The first kappa shape index (κ1) is 12.2. The first-order valence-electron chi connectivity index (χ1n) is 3.41. The van der Waals surface area contributed by atoms with Gasteiger partial charge in [-0.1, -0.05) is 0 Å². The number of likely N-dealkylation sites (tertiary alicyclic amines) is 1. The number of hydrogen-bond donors (Lipinski definition) is 1. The molecule has 1 saturated heterocycles. The molecule has 0 aliphatic carbocycles. The summed E-state index contributed by atoms with van der Waals surface area (Å²) in [5.41, 5.74) is 5.73. The number of nitrogens with zero attached hydrogens (tertiary/aromatic N) is 1. The maximum absolute atomic E-state index is 5.73. The Balaban J connectivity index is 0.000000292. The predicted molar refractivity (Wildman–Crippen MR) is 46.4 cm³/mol. The van der Waals surface area contributed by atoms with Crippen LogP contribution in [0.3, 0.4) is 0 Å². The van der Waals surface area contributed by atoms with Crippen LogP contribution in [-0.4, -0.2) is 30.6 Å². The molecule has 0 saturated carbocycles. The first-order chi connectivity index (χ1) is 5.13. The van der Waals surface area contributed by atoms with Crippen molar-refractivity contribution in [2.75, 3.05) is 13.6 Å². The topological polar surface area (TPSA) is 29.3 Å². The average molecular weight is 380 g/mol. The van der Waals surface area contributed by atoms with Crippen molar-refractivity contribution in [1.82, 2.24) is 4.90 Å². The van der Waals surface area contributed by atoms with Crippen molar-refractivity contribution < 1.29 is 16.5 Å². The fraction of sp³-hybridized carbons (Fsp3) is 1.00. The number of likely N-dealkylation sites (N-methyl/N-ethyl adjacent to an activating group) is 1. The van der Waals surface area contributed by atoms with E-state index in [1.807, 2.05) is 0 Å². The Morgan fingerprint density at radius 1 is 1.55 bits per heavy atom. The van der Waals surface area contributed by atoms with Crippen LogP contribution in [0.1, 0.15) is 13.3 Å². The molecular weight excluding hydrogens is 366 g/mol. The fourth-order valence-corrected chi connectivity index (χ4v) is 1.12. The summed E-state index contributed by atoms with van der Waals surface area (Å²) in [7, 11) is 11.9. The Labute approximate surface area is 84.8 Å². The molecule has 2 atom stereocenters. The Kier molecular flexibility index (Phi) is 7.40. The van der Waals surface area contributed by atoms with Crippen LogP contribution in [0.2, 0.25) is 0 Å². The van der Waals surface area contributed by atoms with Gasteiger partial charge < -0.3 is 10.6 Å². The van der Waals surface area contributed by atoms with Crippen LogP contribution in [0.15, 0.2) is 0 Å². The zero-order valence-corrected chi connectivity index (χ0v) is 10.4. The van der Waals surface area contributed by atoms with Crippen LogP contribution in [0.4, 0.5) is 0 Å². The summed E-state index contributed by atoms with van der Waals surface area (Å²) in [4.78, 5) is 2.30. The molecule has 1 aliphatic heterocycles. The van der Waals surface area contributed by atoms with Crippen LogP contribution in [0.25, 0.3) is 0 Å². The van der Waals surface area contributed by atoms with Crippen LogP contribution in [0.5, 0.6) is 0 Å². The van der Waals surface area contributed by atoms with E-state index in [4.69, 9.17) is 24.6 Å². The third-order valence-corrected chi connectivity index (χ3v) is 2.13. The predicted octanol–water partition coefficient (Wildman–Crippen LogP) is 1.41. The van der Waals surface area contributed by atoms with Gasteiger partial charge in [0.05, 0.1) is 0 Å². The Hall–Kier alpha value is 1.19. The van der Waals surface area contributed by atoms with E-state index < -0.39 is 16.5 Å². The summed E-state index contributed by atoms with van der Waals surface area (Å²) in [6.07, 6.45) is 1.16. The molecule has 0 amide bonds. The molecule has 0 radical (unpaired) electrons. The SMILES string of the molecule is C[C@@H]1[C@H](N)CCN1C.[Cl][Pt][Cl]. The van der Waals surface area contributed by atoms with E-state index in [0.717, 1.165) is 6.42 Å². The Bertz CT molecular complexity index is 94.6. The molecule has 0 aromatic carbocycles. The minimum absolute atomic E-state index is 0.417. The van der Waals surface area contributed by atoms with Gasteiger partial charge in [-0.15, -0.1) is 0 Å². The Morgan fingerprint density at radius 3 is 2.09 bits per heavy atom. The van der Waals surface area contributed by atoms with Crippen molar-refractivity contribution in [3.8, 4) is 0 Å². The van der Waals surface area contributed by atoms with Gasteiger partial charge in [-0.05, 0) is 26.9 Å². The van der Waals surface area contributed by atoms with Gasteiger partial charge >= 0.3 is 35.3 Å². The molecule has 2 N–H and O–H groups in total. The third-order valence-electron chi connectivity index (χ3n) is 2.13. The van der Waals surface area contributed by atoms with Crippen LogP contribution >= 0.6 is 18.8 Å². The van der Waals surface area contributed by atoms with Gasteiger partial charge in [-0.2, -0.15) is 0 Å². The van der Waals surface area contributed by atoms with E-state index >= 15 is 0 Å². The summed E-state index contributed by atoms with van der Waals surface area (Å²) >= 11 is -0.472. The minimum atomic E-state index is -0.472. The molecule has 0 spiro atoms. The molecule has 1 heterocycles. The van der Waals surface area contributed by atoms with Crippen molar-refractivity contribution in [3.63, 3.8) is 0 Å². The molecule has 0 aromatic rings. The van der Waals surface area contributed by atoms with Gasteiger partial charge in [0.2, 0.25) is 0 Å². The van der Waals surface area contributed by atoms with Crippen molar-refractivity contribution in [2.45, 2.75) is 25.4 Å². The summed E-state index contributed by atoms with van der Waals surface area (Å²) in [6.45, 7) is 3.35. The molecular formula is C6H14Cl2N2Pt. The molecule has 5 heteroatoms. The van der Waals surface area contributed by atoms with E-state index in [2.05, 4.69) is 18.9 Å². The zero-order valence-electron chi connectivity index (χ0n) is 6.67. The van der Waals surface area contributed by atoms with Gasteiger partial charge in [0.15, 0.2) is 0 Å². The molecule has 72 valence electrons. The van der Waals surface area contributed by atoms with E-state index in [1.54, 1.807) is 0 Å². The summed E-state index contributed by atoms with van der Waals surface area (Å²) in [6, 6.07) is 1.01. The zero-order chi connectivity index (χ0) is 8.85. The molecule has 0 bridgehead atoms. The second kappa shape index (κ2) is 6.68. The average Bonchev–Trinajstić information content (AvgIpc) is 2.22. The molecule has 2 nitrogen and oxygen atoms in total. The van der Waals surface area contributed by atoms with Crippen LogP contribution < -0.4 is 5.73 Å². The van der Waals surface area contributed by atoms with Gasteiger partial charge in [-0.25, -0.2) is 0 Å². The monoisotopic (exact) mass is 379 g/mol. The normalized spacial score (nSPS) is 31.7. The van der Waals surface area contributed by atoms with Crippen molar-refractivity contribution in [1.29, 1.82) is 0 Å². The van der Waals surface area contributed by atoms with Crippen LogP contribution in [0, 0.1) is 0 Å². The van der Waals surface area contributed by atoms with Gasteiger partial charge in [0.25, 0.3) is 0 Å². The van der Waals surface area contributed by atoms with Crippen molar-refractivity contribution in [3.05, 3.63) is 0 Å². The van der Waals surface area contributed by atoms with Gasteiger partial charge in [0, 0.05) is 12.1 Å². The van der Waals surface area contributed by atoms with Gasteiger partial charge in [-0.3, -0.25) is 0 Å². The van der Waals surface area contributed by atoms with E-state index in [1.165, 1.54) is 6.54 Å². The second-order valence-electron chi connectivity index (χ2n) is 2.72. The molecule has 0 unspecified atom stereocenters. The molecule has 1 fully saturated rings. The third kappa shape index (κ3) is 4.69. The number of rotatable bonds is 0. The number of nitrogens with two attached hydrogens (primary N) is 1. The van der Waals surface area contributed by atoms with E-state index in [9.17, 15) is 0 Å². The number of halogens is 2. The quantitative estimate of drug-likeness (QED) is 0.689. The first-order valence-corrected chi connectivity index (χ1v) is 9.04. The molecule has 0 aromatic heterocycles.